The molecule has 68 heavy (non-hydrogen) atoms. The van der Waals surface area contributed by atoms with E-state index >= 15 is 0 Å². The maximum absolute atomic E-state index is 7.35. The van der Waals surface area contributed by atoms with Gasteiger partial charge < -0.3 is 14.6 Å². The summed E-state index contributed by atoms with van der Waals surface area (Å²) >= 11 is 0. The quantitative estimate of drug-likeness (QED) is 0.157. The number of hydrogen-bond donors (Lipinski definition) is 1. The van der Waals surface area contributed by atoms with Crippen LogP contribution in [0.25, 0.3) is 27.3 Å². The molecule has 0 saturated carbocycles. The Kier molecular flexibility index (Phi) is 11.3. The van der Waals surface area contributed by atoms with Gasteiger partial charge in [-0.1, -0.05) is 148 Å². The molecule has 1 aromatic heterocycles. The molecule has 5 aromatic rings. The van der Waals surface area contributed by atoms with Gasteiger partial charge >= 0.3 is 0 Å². The first-order valence-electron chi connectivity index (χ1n) is 26.1. The van der Waals surface area contributed by atoms with Crippen LogP contribution in [0.15, 0.2) is 141 Å². The summed E-state index contributed by atoms with van der Waals surface area (Å²) in [6, 6.07) is 28.6. The lowest BCUT2D eigenvalue weighted by atomic mass is 9.34. The van der Waals surface area contributed by atoms with Gasteiger partial charge in [-0.3, -0.25) is 0 Å². The van der Waals surface area contributed by atoms with Crippen LogP contribution in [0.2, 0.25) is 0 Å². The molecule has 5 aliphatic rings. The molecule has 0 bridgehead atoms. The summed E-state index contributed by atoms with van der Waals surface area (Å²) in [5.74, 6) is 0.946. The van der Waals surface area contributed by atoms with Crippen molar-refractivity contribution in [2.24, 2.45) is 11.3 Å². The summed E-state index contributed by atoms with van der Waals surface area (Å²) in [6.45, 7) is 36.5. The predicted octanol–water partition coefficient (Wildman–Crippen LogP) is 15.6. The highest BCUT2D eigenvalue weighted by atomic mass is 16.3. The highest BCUT2D eigenvalue weighted by Gasteiger charge is 2.47. The van der Waals surface area contributed by atoms with E-state index in [1.165, 1.54) is 120 Å². The molecule has 0 spiro atoms. The van der Waals surface area contributed by atoms with Gasteiger partial charge in [-0.2, -0.15) is 0 Å². The summed E-state index contributed by atoms with van der Waals surface area (Å²) in [5.41, 5.74) is 23.1. The molecule has 2 unspecified atom stereocenters. The standard InChI is InChI=1S/C64H77BN2O/c1-16-54(59-42(7)64(14,15)49-33-45-21-18-17-20-44(45)32-48(49)59)67-55-35-43(38(2)3)23-24-52(55)65(58-36-46-34-50-51(37-57(46)68-58)63(12,13)28-27-62(50,10)11)60-53(30-39(4)31-56(60)67)66-29-19-22-47-40(5)25-26-61(8,9)41(47)6/h16-24,31-38,40,53,66H,25-30H2,1-15H3/b22-19-,54-16+. The van der Waals surface area contributed by atoms with Crippen molar-refractivity contribution in [1.82, 2.24) is 5.32 Å². The van der Waals surface area contributed by atoms with E-state index in [1.54, 1.807) is 5.57 Å². The van der Waals surface area contributed by atoms with Gasteiger partial charge in [0.15, 0.2) is 0 Å². The zero-order valence-electron chi connectivity index (χ0n) is 44.1. The van der Waals surface area contributed by atoms with Crippen LogP contribution in [-0.2, 0) is 16.2 Å². The van der Waals surface area contributed by atoms with Crippen molar-refractivity contribution in [3.05, 3.63) is 164 Å². The Morgan fingerprint density at radius 2 is 1.47 bits per heavy atom. The second-order valence-electron chi connectivity index (χ2n) is 24.4. The molecule has 3 nitrogen and oxygen atoms in total. The number of nitrogens with zero attached hydrogens (tertiary/aromatic N) is 1. The maximum atomic E-state index is 7.35. The van der Waals surface area contributed by atoms with E-state index in [-0.39, 0.29) is 34.4 Å². The highest BCUT2D eigenvalue weighted by molar-refractivity contribution is 6.92. The number of furan rings is 1. The van der Waals surface area contributed by atoms with Crippen LogP contribution in [0.3, 0.4) is 0 Å². The fourth-order valence-electron chi connectivity index (χ4n) is 13.0. The Morgan fingerprint density at radius 3 is 2.16 bits per heavy atom. The summed E-state index contributed by atoms with van der Waals surface area (Å²) in [4.78, 5) is 2.67. The lowest BCUT2D eigenvalue weighted by Gasteiger charge is -2.44. The number of rotatable bonds is 8. The Morgan fingerprint density at radius 1 is 0.794 bits per heavy atom. The smallest absolute Gasteiger partial charge is 0.289 e. The zero-order chi connectivity index (χ0) is 48.4. The van der Waals surface area contributed by atoms with Crippen LogP contribution in [0.4, 0.5) is 5.69 Å². The second kappa shape index (κ2) is 16.5. The summed E-state index contributed by atoms with van der Waals surface area (Å²) in [6.07, 6.45) is 15.6. The van der Waals surface area contributed by atoms with Gasteiger partial charge in [0.25, 0.3) is 6.71 Å². The monoisotopic (exact) mass is 901 g/mol. The van der Waals surface area contributed by atoms with Gasteiger partial charge in [0.05, 0.1) is 5.66 Å². The molecule has 1 aliphatic heterocycles. The van der Waals surface area contributed by atoms with Crippen LogP contribution in [0.5, 0.6) is 0 Å². The number of anilines is 1. The summed E-state index contributed by atoms with van der Waals surface area (Å²) < 4.78 is 7.35. The molecule has 1 N–H and O–H groups in total. The third kappa shape index (κ3) is 7.49. The molecular weight excluding hydrogens is 824 g/mol. The minimum atomic E-state index is -0.134. The van der Waals surface area contributed by atoms with E-state index in [0.29, 0.717) is 11.8 Å². The first-order chi connectivity index (χ1) is 32.1. The third-order valence-corrected chi connectivity index (χ3v) is 18.1. The normalized spacial score (nSPS) is 22.9. The van der Waals surface area contributed by atoms with E-state index in [9.17, 15) is 0 Å². The molecular formula is C64H77BN2O. The fraction of sp³-hybridized carbons (Fsp3) is 0.438. The fourth-order valence-corrected chi connectivity index (χ4v) is 13.0. The molecule has 0 amide bonds. The molecule has 4 aliphatic carbocycles. The van der Waals surface area contributed by atoms with Gasteiger partial charge in [-0.25, -0.2) is 0 Å². The van der Waals surface area contributed by atoms with E-state index in [4.69, 9.17) is 4.42 Å². The molecule has 0 radical (unpaired) electrons. The van der Waals surface area contributed by atoms with Crippen LogP contribution < -0.4 is 21.3 Å². The molecule has 0 fully saturated rings. The second-order valence-corrected chi connectivity index (χ2v) is 24.4. The molecule has 0 saturated heterocycles. The average molecular weight is 901 g/mol. The van der Waals surface area contributed by atoms with Gasteiger partial charge in [0, 0.05) is 46.0 Å². The molecule has 4 aromatic carbocycles. The zero-order valence-corrected chi connectivity index (χ0v) is 44.1. The maximum Gasteiger partial charge on any atom is 0.289 e. The topological polar surface area (TPSA) is 28.4 Å². The minimum Gasteiger partial charge on any atom is -0.470 e. The Bertz CT molecular complexity index is 3040. The van der Waals surface area contributed by atoms with Gasteiger partial charge in [0.1, 0.15) is 5.58 Å². The van der Waals surface area contributed by atoms with Crippen molar-refractivity contribution < 1.29 is 4.42 Å². The molecule has 4 heteroatoms. The van der Waals surface area contributed by atoms with Gasteiger partial charge in [-0.15, -0.1) is 0 Å². The Balaban J connectivity index is 1.19. The number of fused-ring (bicyclic) bond motifs is 5. The Hall–Kier alpha value is -5.06. The van der Waals surface area contributed by atoms with Crippen molar-refractivity contribution in [3.63, 3.8) is 0 Å². The predicted molar refractivity (Wildman–Crippen MR) is 294 cm³/mol. The van der Waals surface area contributed by atoms with Crippen LogP contribution >= 0.6 is 0 Å². The van der Waals surface area contributed by atoms with Crippen molar-refractivity contribution in [2.75, 3.05) is 11.4 Å². The van der Waals surface area contributed by atoms with Crippen molar-refractivity contribution >= 4 is 50.8 Å². The first-order valence-corrected chi connectivity index (χ1v) is 26.1. The largest absolute Gasteiger partial charge is 0.470 e. The average Bonchev–Trinajstić information content (AvgIpc) is 3.79. The third-order valence-electron chi connectivity index (χ3n) is 18.1. The number of nitrogens with one attached hydrogen (secondary N) is 1. The lowest BCUT2D eigenvalue weighted by Crippen LogP contribution is -2.56. The number of allylic oxidation sites excluding steroid dienone is 7. The van der Waals surface area contributed by atoms with E-state index in [1.807, 2.05) is 0 Å². The summed E-state index contributed by atoms with van der Waals surface area (Å²) in [7, 11) is 0. The SMILES string of the molecule is C/C=C(\C1=C(C)C(C)(C)c2cc3ccccc3cc21)N1C2=C(B(c3cc4cc5c(cc4o3)C(C)(C)CCC5(C)C)c3ccc(C(C)C)cc31)C(NC/C=C\C1=C(C)C(C)(C)CCC1C)CC(C)=C2. The number of benzene rings is 4. The number of hydrogen-bond acceptors (Lipinski definition) is 3. The van der Waals surface area contributed by atoms with Crippen LogP contribution in [-0.4, -0.2) is 19.3 Å². The Labute approximate surface area is 409 Å². The highest BCUT2D eigenvalue weighted by Crippen LogP contribution is 2.53. The molecule has 10 rings (SSSR count). The van der Waals surface area contributed by atoms with E-state index in [2.05, 4.69) is 211 Å². The molecule has 2 atom stereocenters. The van der Waals surface area contributed by atoms with Crippen molar-refractivity contribution in [1.29, 1.82) is 0 Å². The minimum absolute atomic E-state index is 0.0812. The van der Waals surface area contributed by atoms with Gasteiger partial charge in [-0.05, 0) is 185 Å². The molecule has 2 heterocycles. The van der Waals surface area contributed by atoms with Crippen molar-refractivity contribution in [3.8, 4) is 0 Å². The lowest BCUT2D eigenvalue weighted by molar-refractivity contribution is 0.332. The first kappa shape index (κ1) is 46.7. The van der Waals surface area contributed by atoms with Gasteiger partial charge in [0.2, 0.25) is 0 Å². The van der Waals surface area contributed by atoms with Crippen molar-refractivity contribution in [2.45, 2.75) is 164 Å². The van der Waals surface area contributed by atoms with E-state index < -0.39 is 0 Å². The van der Waals surface area contributed by atoms with Crippen LogP contribution in [0, 0.1) is 11.3 Å². The van der Waals surface area contributed by atoms with E-state index in [0.717, 1.165) is 24.2 Å². The summed E-state index contributed by atoms with van der Waals surface area (Å²) in [5, 5.41) is 7.99. The molecule has 352 valence electrons. The van der Waals surface area contributed by atoms with Crippen LogP contribution in [0.1, 0.15) is 170 Å².